The quantitative estimate of drug-likeness (QED) is 0.517. The van der Waals surface area contributed by atoms with Gasteiger partial charge in [0.05, 0.1) is 7.11 Å². The van der Waals surface area contributed by atoms with Crippen molar-refractivity contribution in [2.24, 2.45) is 0 Å². The Bertz CT molecular complexity index is 83.7. The Morgan fingerprint density at radius 2 is 2.00 bits per heavy atom. The molecule has 0 N–H and O–H groups in total. The summed E-state index contributed by atoms with van der Waals surface area (Å²) in [7, 11) is 1.38. The fourth-order valence-corrected chi connectivity index (χ4v) is 0.481. The second kappa shape index (κ2) is 8.95. The highest BCUT2D eigenvalue weighted by Crippen LogP contribution is 2.04. The van der Waals surface area contributed by atoms with E-state index in [1.54, 1.807) is 0 Å². The Hall–Kier alpha value is -0.0500. The van der Waals surface area contributed by atoms with E-state index in [9.17, 15) is 4.79 Å². The van der Waals surface area contributed by atoms with Gasteiger partial charge in [-0.05, 0) is 6.42 Å². The minimum atomic E-state index is -0.201. The van der Waals surface area contributed by atoms with Gasteiger partial charge in [0.25, 0.3) is 0 Å². The Morgan fingerprint density at radius 3 is 2.10 bits per heavy atom. The summed E-state index contributed by atoms with van der Waals surface area (Å²) in [5.74, 6) is -0.201. The minimum absolute atomic E-state index is 0.132. The van der Waals surface area contributed by atoms with Gasteiger partial charge in [-0.1, -0.05) is 36.7 Å². The van der Waals surface area contributed by atoms with Gasteiger partial charge in [-0.15, -0.1) is 0 Å². The van der Waals surface area contributed by atoms with Gasteiger partial charge in [0.2, 0.25) is 0 Å². The number of hydrogen-bond donors (Lipinski definition) is 0. The van der Waals surface area contributed by atoms with Gasteiger partial charge >= 0.3 is 5.97 Å². The van der Waals surface area contributed by atoms with Crippen LogP contribution in [0.5, 0.6) is 0 Å². The van der Waals surface area contributed by atoms with E-state index in [1.807, 2.05) is 20.8 Å². The topological polar surface area (TPSA) is 26.3 Å². The van der Waals surface area contributed by atoms with Crippen molar-refractivity contribution in [1.29, 1.82) is 0 Å². The van der Waals surface area contributed by atoms with Gasteiger partial charge in [0.15, 0.2) is 0 Å². The van der Waals surface area contributed by atoms with E-state index >= 15 is 0 Å². The molecule has 10 heavy (non-hydrogen) atoms. The second-order valence-corrected chi connectivity index (χ2v) is 2.50. The molecular formula is C7H15BrO2. The second-order valence-electron chi connectivity index (χ2n) is 1.40. The van der Waals surface area contributed by atoms with Crippen molar-refractivity contribution in [2.45, 2.75) is 32.0 Å². The van der Waals surface area contributed by atoms with Crippen LogP contribution in [0.15, 0.2) is 0 Å². The highest BCUT2D eigenvalue weighted by molar-refractivity contribution is 9.10. The molecular weight excluding hydrogens is 196 g/mol. The first kappa shape index (κ1) is 12.6. The van der Waals surface area contributed by atoms with Crippen molar-refractivity contribution in [3.05, 3.63) is 0 Å². The number of hydrogen-bond acceptors (Lipinski definition) is 2. The van der Waals surface area contributed by atoms with Crippen LogP contribution in [-0.2, 0) is 9.53 Å². The van der Waals surface area contributed by atoms with Crippen molar-refractivity contribution in [3.63, 3.8) is 0 Å². The van der Waals surface area contributed by atoms with E-state index in [0.29, 0.717) is 0 Å². The van der Waals surface area contributed by atoms with Crippen LogP contribution < -0.4 is 0 Å². The monoisotopic (exact) mass is 210 g/mol. The third-order valence-electron chi connectivity index (χ3n) is 0.815. The number of ether oxygens (including phenoxy) is 1. The van der Waals surface area contributed by atoms with Crippen LogP contribution in [0.3, 0.4) is 0 Å². The molecule has 0 aliphatic carbocycles. The van der Waals surface area contributed by atoms with Gasteiger partial charge in [-0.2, -0.15) is 0 Å². The molecule has 0 amide bonds. The maximum absolute atomic E-state index is 10.5. The first-order valence-electron chi connectivity index (χ1n) is 3.44. The molecule has 0 fully saturated rings. The number of carbonyl (C=O) groups is 1. The molecule has 1 unspecified atom stereocenters. The molecule has 3 heteroatoms. The average Bonchev–Trinajstić information content (AvgIpc) is 2.05. The summed E-state index contributed by atoms with van der Waals surface area (Å²) in [6, 6.07) is 0. The molecule has 0 aliphatic rings. The van der Waals surface area contributed by atoms with Gasteiger partial charge < -0.3 is 4.74 Å². The summed E-state index contributed by atoms with van der Waals surface area (Å²) in [5, 5.41) is 0. The molecule has 0 saturated carbocycles. The Morgan fingerprint density at radius 1 is 1.60 bits per heavy atom. The predicted molar refractivity (Wildman–Crippen MR) is 46.4 cm³/mol. The standard InChI is InChI=1S/C5H9BrO2.C2H6/c1-3-4(6)5(7)8-2;1-2/h4H,3H2,1-2H3;1-2H3. The van der Waals surface area contributed by atoms with Gasteiger partial charge in [-0.25, -0.2) is 0 Å². The largest absolute Gasteiger partial charge is 0.468 e. The molecule has 0 aromatic carbocycles. The van der Waals surface area contributed by atoms with Crippen LogP contribution in [0.4, 0.5) is 0 Å². The fourth-order valence-electron chi connectivity index (χ4n) is 0.295. The van der Waals surface area contributed by atoms with Crippen molar-refractivity contribution in [1.82, 2.24) is 0 Å². The average molecular weight is 211 g/mol. The van der Waals surface area contributed by atoms with Crippen molar-refractivity contribution in [3.8, 4) is 0 Å². The Kier molecular flexibility index (Phi) is 11.3. The lowest BCUT2D eigenvalue weighted by atomic mass is 10.3. The molecule has 0 aromatic heterocycles. The molecule has 0 rings (SSSR count). The lowest BCUT2D eigenvalue weighted by Gasteiger charge is -2.00. The molecule has 0 heterocycles. The molecule has 0 saturated heterocycles. The zero-order valence-corrected chi connectivity index (χ0v) is 8.56. The van der Waals surface area contributed by atoms with Crippen LogP contribution in [0.2, 0.25) is 0 Å². The molecule has 0 radical (unpaired) electrons. The number of methoxy groups -OCH3 is 1. The van der Waals surface area contributed by atoms with Crippen molar-refractivity contribution < 1.29 is 9.53 Å². The molecule has 1 atom stereocenters. The van der Waals surface area contributed by atoms with Crippen LogP contribution >= 0.6 is 15.9 Å². The van der Waals surface area contributed by atoms with Gasteiger partial charge in [0, 0.05) is 0 Å². The van der Waals surface area contributed by atoms with Crippen LogP contribution in [0.25, 0.3) is 0 Å². The zero-order valence-electron chi connectivity index (χ0n) is 6.98. The first-order valence-corrected chi connectivity index (χ1v) is 4.35. The number of rotatable bonds is 2. The van der Waals surface area contributed by atoms with Crippen LogP contribution in [0, 0.1) is 0 Å². The molecule has 0 aliphatic heterocycles. The number of halogens is 1. The minimum Gasteiger partial charge on any atom is -0.468 e. The normalized spacial score (nSPS) is 10.9. The zero-order chi connectivity index (χ0) is 8.57. The lowest BCUT2D eigenvalue weighted by molar-refractivity contribution is -0.139. The third-order valence-corrected chi connectivity index (χ3v) is 1.84. The summed E-state index contributed by atoms with van der Waals surface area (Å²) in [4.78, 5) is 10.3. The van der Waals surface area contributed by atoms with E-state index in [2.05, 4.69) is 20.7 Å². The van der Waals surface area contributed by atoms with Crippen LogP contribution in [0.1, 0.15) is 27.2 Å². The van der Waals surface area contributed by atoms with Gasteiger partial charge in [0.1, 0.15) is 4.83 Å². The summed E-state index contributed by atoms with van der Waals surface area (Å²) in [6.45, 7) is 5.91. The molecule has 62 valence electrons. The van der Waals surface area contributed by atoms with E-state index in [0.717, 1.165) is 6.42 Å². The van der Waals surface area contributed by atoms with E-state index in [4.69, 9.17) is 0 Å². The highest BCUT2D eigenvalue weighted by Gasteiger charge is 2.10. The lowest BCUT2D eigenvalue weighted by Crippen LogP contribution is -2.13. The van der Waals surface area contributed by atoms with Crippen molar-refractivity contribution >= 4 is 21.9 Å². The molecule has 0 bridgehead atoms. The number of carbonyl (C=O) groups excluding carboxylic acids is 1. The molecule has 0 spiro atoms. The SMILES string of the molecule is CC.CCC(Br)C(=O)OC. The maximum Gasteiger partial charge on any atom is 0.319 e. The summed E-state index contributed by atoms with van der Waals surface area (Å²) < 4.78 is 4.42. The maximum atomic E-state index is 10.5. The van der Waals surface area contributed by atoms with Crippen LogP contribution in [-0.4, -0.2) is 17.9 Å². The number of alkyl halides is 1. The molecule has 2 nitrogen and oxygen atoms in total. The fraction of sp³-hybridized carbons (Fsp3) is 0.857. The van der Waals surface area contributed by atoms with Gasteiger partial charge in [-0.3, -0.25) is 4.79 Å². The Balaban J connectivity index is 0. The van der Waals surface area contributed by atoms with Crippen molar-refractivity contribution in [2.75, 3.05) is 7.11 Å². The van der Waals surface area contributed by atoms with E-state index in [1.165, 1.54) is 7.11 Å². The number of esters is 1. The third kappa shape index (κ3) is 6.08. The molecule has 0 aromatic rings. The van der Waals surface area contributed by atoms with E-state index in [-0.39, 0.29) is 10.8 Å². The first-order chi connectivity index (χ1) is 4.72. The van der Waals surface area contributed by atoms with E-state index < -0.39 is 0 Å². The highest BCUT2D eigenvalue weighted by atomic mass is 79.9. The predicted octanol–water partition coefficient (Wildman–Crippen LogP) is 2.36. The summed E-state index contributed by atoms with van der Waals surface area (Å²) in [6.07, 6.45) is 0.771. The smallest absolute Gasteiger partial charge is 0.319 e. The summed E-state index contributed by atoms with van der Waals surface area (Å²) >= 11 is 3.13. The Labute approximate surface area is 71.1 Å². The summed E-state index contributed by atoms with van der Waals surface area (Å²) in [5.41, 5.74) is 0.